The highest BCUT2D eigenvalue weighted by Gasteiger charge is 2.22. The molecule has 1 amide bonds. The molecule has 0 saturated carbocycles. The third-order valence-electron chi connectivity index (χ3n) is 7.38. The number of benzene rings is 1. The molecular formula is C30H38N10O2. The van der Waals surface area contributed by atoms with E-state index < -0.39 is 5.60 Å². The van der Waals surface area contributed by atoms with Crippen molar-refractivity contribution in [2.24, 2.45) is 0 Å². The lowest BCUT2D eigenvalue weighted by Gasteiger charge is -2.32. The van der Waals surface area contributed by atoms with Crippen LogP contribution in [0, 0.1) is 13.8 Å². The molecule has 12 nitrogen and oxygen atoms in total. The van der Waals surface area contributed by atoms with Gasteiger partial charge in [0, 0.05) is 68.6 Å². The van der Waals surface area contributed by atoms with Gasteiger partial charge in [0.25, 0.3) is 5.91 Å². The number of carbonyl (C=O) groups excluding carboxylic acids is 1. The van der Waals surface area contributed by atoms with Crippen LogP contribution in [0.3, 0.4) is 0 Å². The number of carbonyl (C=O) groups is 1. The first-order valence-electron chi connectivity index (χ1n) is 13.9. The highest BCUT2D eigenvalue weighted by Crippen LogP contribution is 2.27. The van der Waals surface area contributed by atoms with Gasteiger partial charge in [-0.15, -0.1) is 0 Å². The molecule has 4 heterocycles. The van der Waals surface area contributed by atoms with Crippen LogP contribution in [-0.2, 0) is 10.3 Å². The van der Waals surface area contributed by atoms with E-state index in [1.165, 1.54) is 6.33 Å². The van der Waals surface area contributed by atoms with Crippen LogP contribution < -0.4 is 16.1 Å². The number of nitrogens with one attached hydrogen (secondary N) is 3. The predicted octanol–water partition coefficient (Wildman–Crippen LogP) is 4.13. The van der Waals surface area contributed by atoms with Crippen molar-refractivity contribution in [3.63, 3.8) is 0 Å². The molecule has 1 saturated heterocycles. The molecule has 220 valence electrons. The van der Waals surface area contributed by atoms with Gasteiger partial charge in [-0.05, 0) is 64.6 Å². The molecule has 12 heteroatoms. The number of rotatable bonds is 9. The van der Waals surface area contributed by atoms with Crippen molar-refractivity contribution >= 4 is 28.9 Å². The Hall–Kier alpha value is -4.39. The number of amides is 1. The highest BCUT2D eigenvalue weighted by atomic mass is 16.5. The van der Waals surface area contributed by atoms with Crippen molar-refractivity contribution in [1.29, 1.82) is 0 Å². The smallest absolute Gasteiger partial charge is 0.255 e. The molecule has 0 atom stereocenters. The minimum absolute atomic E-state index is 0.234. The molecule has 3 N–H and O–H groups in total. The first-order chi connectivity index (χ1) is 20.1. The molecule has 4 aromatic rings. The minimum atomic E-state index is -0.608. The molecule has 1 aliphatic rings. The van der Waals surface area contributed by atoms with E-state index in [0.717, 1.165) is 48.9 Å². The van der Waals surface area contributed by atoms with Gasteiger partial charge in [0.1, 0.15) is 23.6 Å². The summed E-state index contributed by atoms with van der Waals surface area (Å²) in [5.74, 6) is 1.84. The van der Waals surface area contributed by atoms with Crippen molar-refractivity contribution in [3.8, 4) is 5.82 Å². The van der Waals surface area contributed by atoms with E-state index in [0.29, 0.717) is 28.6 Å². The monoisotopic (exact) mass is 570 g/mol. The van der Waals surface area contributed by atoms with Crippen molar-refractivity contribution in [3.05, 3.63) is 77.5 Å². The summed E-state index contributed by atoms with van der Waals surface area (Å²) in [7, 11) is 3.75. The van der Waals surface area contributed by atoms with Gasteiger partial charge in [0.05, 0.1) is 11.4 Å². The topological polar surface area (TPSA) is 125 Å². The fraction of sp³-hybridized carbons (Fsp3) is 0.367. The number of methoxy groups -OCH3 is 1. The zero-order valence-corrected chi connectivity index (χ0v) is 25.0. The predicted molar refractivity (Wildman–Crippen MR) is 163 cm³/mol. The van der Waals surface area contributed by atoms with Gasteiger partial charge in [0.15, 0.2) is 5.82 Å². The van der Waals surface area contributed by atoms with E-state index in [-0.39, 0.29) is 5.91 Å². The minimum Gasteiger partial charge on any atom is -0.373 e. The maximum absolute atomic E-state index is 13.1. The molecule has 1 aliphatic heterocycles. The number of hydrogen-bond donors (Lipinski definition) is 3. The Balaban J connectivity index is 1.34. The van der Waals surface area contributed by atoms with E-state index in [9.17, 15) is 4.79 Å². The molecule has 3 aromatic heterocycles. The van der Waals surface area contributed by atoms with Gasteiger partial charge in [0.2, 0.25) is 0 Å². The van der Waals surface area contributed by atoms with Crippen LogP contribution in [0.4, 0.5) is 23.0 Å². The van der Waals surface area contributed by atoms with Crippen molar-refractivity contribution in [2.45, 2.75) is 33.3 Å². The normalized spacial score (nSPS) is 14.5. The Morgan fingerprint density at radius 1 is 0.976 bits per heavy atom. The van der Waals surface area contributed by atoms with E-state index in [4.69, 9.17) is 4.74 Å². The van der Waals surface area contributed by atoms with Crippen LogP contribution in [0.5, 0.6) is 0 Å². The van der Waals surface area contributed by atoms with Crippen LogP contribution in [0.2, 0.25) is 0 Å². The third kappa shape index (κ3) is 6.73. The first-order valence-corrected chi connectivity index (χ1v) is 13.9. The number of aryl methyl sites for hydroxylation is 2. The average molecular weight is 571 g/mol. The zero-order chi connectivity index (χ0) is 29.9. The number of aromatic nitrogens is 5. The molecular weight excluding hydrogens is 532 g/mol. The standard InChI is InChI=1S/C30H38N10O2/c1-20-7-8-23(34-29(41)22-9-10-31-25(16-22)30(3,4)42-6)17-24(20)35-28-15-21(2)36-40(28)27-18-26(32-19-33-27)37-39-13-11-38(5)12-14-39/h7-10,15-19,35H,11-14H2,1-6H3,(H,34,41)(H,32,33,37). The summed E-state index contributed by atoms with van der Waals surface area (Å²) in [6.45, 7) is 11.6. The number of likely N-dealkylation sites (N-methyl/N-ethyl adjacent to an activating group) is 1. The second-order valence-corrected chi connectivity index (χ2v) is 11.0. The lowest BCUT2D eigenvalue weighted by atomic mass is 10.0. The highest BCUT2D eigenvalue weighted by molar-refractivity contribution is 6.04. The van der Waals surface area contributed by atoms with Crippen LogP contribution >= 0.6 is 0 Å². The van der Waals surface area contributed by atoms with Crippen LogP contribution in [0.1, 0.15) is 41.2 Å². The first kappa shape index (κ1) is 29.1. The van der Waals surface area contributed by atoms with Crippen LogP contribution in [0.25, 0.3) is 5.82 Å². The fourth-order valence-corrected chi connectivity index (χ4v) is 4.55. The number of hydrogen-bond acceptors (Lipinski definition) is 10. The van der Waals surface area contributed by atoms with Gasteiger partial charge in [-0.2, -0.15) is 9.78 Å². The molecule has 1 fully saturated rings. The summed E-state index contributed by atoms with van der Waals surface area (Å²) in [5.41, 5.74) is 7.29. The summed E-state index contributed by atoms with van der Waals surface area (Å²) >= 11 is 0. The lowest BCUT2D eigenvalue weighted by Crippen LogP contribution is -2.47. The summed E-state index contributed by atoms with van der Waals surface area (Å²) in [4.78, 5) is 28.7. The molecule has 0 spiro atoms. The Morgan fingerprint density at radius 3 is 2.52 bits per heavy atom. The Morgan fingerprint density at radius 2 is 1.76 bits per heavy atom. The zero-order valence-electron chi connectivity index (χ0n) is 25.0. The fourth-order valence-electron chi connectivity index (χ4n) is 4.55. The lowest BCUT2D eigenvalue weighted by molar-refractivity contribution is 0.0154. The second kappa shape index (κ2) is 12.2. The summed E-state index contributed by atoms with van der Waals surface area (Å²) < 4.78 is 7.28. The number of piperazine rings is 1. The Bertz CT molecular complexity index is 1560. The molecule has 42 heavy (non-hydrogen) atoms. The van der Waals surface area contributed by atoms with Crippen molar-refractivity contribution in [2.75, 3.05) is 56.4 Å². The summed E-state index contributed by atoms with van der Waals surface area (Å²) in [5, 5.41) is 13.3. The van der Waals surface area contributed by atoms with Crippen molar-refractivity contribution < 1.29 is 9.53 Å². The SMILES string of the molecule is COC(C)(C)c1cc(C(=O)Nc2ccc(C)c(Nc3cc(C)nn3-c3cc(NN4CCN(C)CC4)ncn3)c2)ccn1. The number of nitrogens with zero attached hydrogens (tertiary/aromatic N) is 7. The molecule has 5 rings (SSSR count). The van der Waals surface area contributed by atoms with Crippen molar-refractivity contribution in [1.82, 2.24) is 34.6 Å². The van der Waals surface area contributed by atoms with Gasteiger partial charge < -0.3 is 25.7 Å². The van der Waals surface area contributed by atoms with E-state index in [1.54, 1.807) is 30.1 Å². The van der Waals surface area contributed by atoms with Gasteiger partial charge in [-0.1, -0.05) is 6.07 Å². The van der Waals surface area contributed by atoms with Gasteiger partial charge >= 0.3 is 0 Å². The summed E-state index contributed by atoms with van der Waals surface area (Å²) in [6, 6.07) is 13.0. The Kier molecular flexibility index (Phi) is 8.48. The van der Waals surface area contributed by atoms with E-state index in [2.05, 4.69) is 53.1 Å². The molecule has 1 aromatic carbocycles. The molecule has 0 aliphatic carbocycles. The second-order valence-electron chi connectivity index (χ2n) is 11.0. The van der Waals surface area contributed by atoms with Crippen LogP contribution in [-0.4, -0.2) is 80.9 Å². The van der Waals surface area contributed by atoms with E-state index in [1.807, 2.05) is 58.0 Å². The molecule has 0 radical (unpaired) electrons. The number of pyridine rings is 1. The largest absolute Gasteiger partial charge is 0.373 e. The van der Waals surface area contributed by atoms with Crippen LogP contribution in [0.15, 0.2) is 55.0 Å². The van der Waals surface area contributed by atoms with Gasteiger partial charge in [-0.25, -0.2) is 15.0 Å². The molecule has 0 bridgehead atoms. The number of anilines is 4. The maximum atomic E-state index is 13.1. The maximum Gasteiger partial charge on any atom is 0.255 e. The summed E-state index contributed by atoms with van der Waals surface area (Å²) in [6.07, 6.45) is 3.16. The Labute approximate surface area is 246 Å². The average Bonchev–Trinajstić information content (AvgIpc) is 3.36. The molecule has 0 unspecified atom stereocenters. The van der Waals surface area contributed by atoms with Gasteiger partial charge in [-0.3, -0.25) is 9.78 Å². The number of hydrazine groups is 1. The quantitative estimate of drug-likeness (QED) is 0.271. The number of ether oxygens (including phenoxy) is 1. The van der Waals surface area contributed by atoms with E-state index >= 15 is 0 Å². The third-order valence-corrected chi connectivity index (χ3v) is 7.38.